The topological polar surface area (TPSA) is 50.1 Å². The van der Waals surface area contributed by atoms with Crippen LogP contribution in [0, 0.1) is 11.3 Å². The number of hydrogen-bond donors (Lipinski definition) is 0. The van der Waals surface area contributed by atoms with E-state index in [1.54, 1.807) is 18.2 Å². The van der Waals surface area contributed by atoms with Gasteiger partial charge in [0.1, 0.15) is 11.5 Å². The van der Waals surface area contributed by atoms with E-state index in [1.807, 2.05) is 24.3 Å². The Morgan fingerprint density at radius 1 is 1.19 bits per heavy atom. The van der Waals surface area contributed by atoms with Gasteiger partial charge in [0, 0.05) is 0 Å². The molecule has 0 unspecified atom stereocenters. The second-order valence-electron chi connectivity index (χ2n) is 4.87. The molecule has 0 spiro atoms. The van der Waals surface area contributed by atoms with Crippen LogP contribution in [0.25, 0.3) is 0 Å². The lowest BCUT2D eigenvalue weighted by atomic mass is 10.1. The molecule has 0 aromatic heterocycles. The number of ether oxygens (including phenoxy) is 1. The van der Waals surface area contributed by atoms with Gasteiger partial charge in [-0.15, -0.1) is 0 Å². The van der Waals surface area contributed by atoms with Crippen molar-refractivity contribution in [1.29, 1.82) is 5.26 Å². The summed E-state index contributed by atoms with van der Waals surface area (Å²) in [5.41, 5.74) is 2.20. The highest BCUT2D eigenvalue weighted by atomic mass is 16.5. The fourth-order valence-corrected chi connectivity index (χ4v) is 2.11. The van der Waals surface area contributed by atoms with Gasteiger partial charge in [0.2, 0.25) is 0 Å². The summed E-state index contributed by atoms with van der Waals surface area (Å²) in [6, 6.07) is 14.7. The van der Waals surface area contributed by atoms with Gasteiger partial charge in [-0.3, -0.25) is 4.79 Å². The lowest BCUT2D eigenvalue weighted by Crippen LogP contribution is -1.98. The summed E-state index contributed by atoms with van der Waals surface area (Å²) < 4.78 is 5.77. The van der Waals surface area contributed by atoms with E-state index in [0.29, 0.717) is 22.6 Å². The highest BCUT2D eigenvalue weighted by Crippen LogP contribution is 2.27. The Balaban J connectivity index is 2.29. The SMILES string of the molecule is CCCc1ccc(Oc2cc(C#N)ccc2C(C)=O)cc1. The van der Waals surface area contributed by atoms with Crippen LogP contribution < -0.4 is 4.74 Å². The molecule has 106 valence electrons. The highest BCUT2D eigenvalue weighted by Gasteiger charge is 2.10. The van der Waals surface area contributed by atoms with Crippen molar-refractivity contribution in [3.05, 3.63) is 59.2 Å². The van der Waals surface area contributed by atoms with E-state index in [2.05, 4.69) is 13.0 Å². The number of carbonyl (C=O) groups is 1. The Morgan fingerprint density at radius 3 is 2.48 bits per heavy atom. The molecule has 0 bridgehead atoms. The van der Waals surface area contributed by atoms with Crippen LogP contribution >= 0.6 is 0 Å². The van der Waals surface area contributed by atoms with Crippen molar-refractivity contribution < 1.29 is 9.53 Å². The first-order chi connectivity index (χ1) is 10.1. The van der Waals surface area contributed by atoms with Crippen molar-refractivity contribution in [2.45, 2.75) is 26.7 Å². The van der Waals surface area contributed by atoms with Gasteiger partial charge in [0.25, 0.3) is 0 Å². The van der Waals surface area contributed by atoms with E-state index in [4.69, 9.17) is 10.00 Å². The monoisotopic (exact) mass is 279 g/mol. The molecular formula is C18H17NO2. The molecule has 0 atom stereocenters. The fraction of sp³-hybridized carbons (Fsp3) is 0.222. The molecule has 3 heteroatoms. The molecule has 0 aliphatic rings. The van der Waals surface area contributed by atoms with Gasteiger partial charge in [-0.25, -0.2) is 0 Å². The molecule has 21 heavy (non-hydrogen) atoms. The Bertz CT molecular complexity index is 681. The van der Waals surface area contributed by atoms with Crippen molar-refractivity contribution in [2.24, 2.45) is 0 Å². The molecule has 0 N–H and O–H groups in total. The zero-order chi connectivity index (χ0) is 15.2. The molecule has 0 aliphatic heterocycles. The van der Waals surface area contributed by atoms with E-state index in [0.717, 1.165) is 12.8 Å². The number of aryl methyl sites for hydroxylation is 1. The largest absolute Gasteiger partial charge is 0.457 e. The number of rotatable bonds is 5. The fourth-order valence-electron chi connectivity index (χ4n) is 2.11. The van der Waals surface area contributed by atoms with E-state index < -0.39 is 0 Å². The molecule has 0 saturated heterocycles. The molecule has 2 aromatic carbocycles. The van der Waals surface area contributed by atoms with Crippen molar-refractivity contribution in [2.75, 3.05) is 0 Å². The molecule has 0 radical (unpaired) electrons. The van der Waals surface area contributed by atoms with E-state index >= 15 is 0 Å². The third kappa shape index (κ3) is 3.70. The Hall–Kier alpha value is -2.60. The maximum atomic E-state index is 11.6. The number of benzene rings is 2. The van der Waals surface area contributed by atoms with E-state index in [-0.39, 0.29) is 5.78 Å². The van der Waals surface area contributed by atoms with Gasteiger partial charge < -0.3 is 4.74 Å². The summed E-state index contributed by atoms with van der Waals surface area (Å²) in [5.74, 6) is 0.995. The summed E-state index contributed by atoms with van der Waals surface area (Å²) in [5, 5.41) is 8.96. The number of nitrogens with zero attached hydrogens (tertiary/aromatic N) is 1. The predicted molar refractivity (Wildman–Crippen MR) is 81.7 cm³/mol. The first kappa shape index (κ1) is 14.8. The van der Waals surface area contributed by atoms with Gasteiger partial charge in [-0.2, -0.15) is 5.26 Å². The first-order valence-corrected chi connectivity index (χ1v) is 6.96. The highest BCUT2D eigenvalue weighted by molar-refractivity contribution is 5.97. The molecule has 0 fully saturated rings. The molecule has 2 rings (SSSR count). The van der Waals surface area contributed by atoms with Crippen LogP contribution in [-0.4, -0.2) is 5.78 Å². The number of nitriles is 1. The van der Waals surface area contributed by atoms with Crippen LogP contribution in [0.4, 0.5) is 0 Å². The molecule has 0 aliphatic carbocycles. The van der Waals surface area contributed by atoms with Crippen molar-refractivity contribution in [3.8, 4) is 17.6 Å². The lowest BCUT2D eigenvalue weighted by Gasteiger charge is -2.10. The van der Waals surface area contributed by atoms with E-state index in [1.165, 1.54) is 12.5 Å². The second-order valence-corrected chi connectivity index (χ2v) is 4.87. The normalized spacial score (nSPS) is 9.95. The van der Waals surface area contributed by atoms with Gasteiger partial charge in [0.15, 0.2) is 5.78 Å². The average Bonchev–Trinajstić information content (AvgIpc) is 2.49. The summed E-state index contributed by atoms with van der Waals surface area (Å²) in [4.78, 5) is 11.6. The molecule has 0 amide bonds. The van der Waals surface area contributed by atoms with Crippen LogP contribution in [-0.2, 0) is 6.42 Å². The smallest absolute Gasteiger partial charge is 0.163 e. The summed E-state index contributed by atoms with van der Waals surface area (Å²) in [6.45, 7) is 3.62. The minimum absolute atomic E-state index is 0.0860. The van der Waals surface area contributed by atoms with Crippen molar-refractivity contribution >= 4 is 5.78 Å². The molecule has 3 nitrogen and oxygen atoms in total. The third-order valence-electron chi connectivity index (χ3n) is 3.18. The van der Waals surface area contributed by atoms with E-state index in [9.17, 15) is 4.79 Å². The number of Topliss-reactive ketones (excluding diaryl/α,β-unsaturated/α-hetero) is 1. The van der Waals surface area contributed by atoms with Gasteiger partial charge in [-0.1, -0.05) is 25.5 Å². The van der Waals surface area contributed by atoms with Crippen molar-refractivity contribution in [1.82, 2.24) is 0 Å². The maximum Gasteiger partial charge on any atom is 0.163 e. The molecule has 0 heterocycles. The van der Waals surface area contributed by atoms with Crippen LogP contribution in [0.5, 0.6) is 11.5 Å². The minimum Gasteiger partial charge on any atom is -0.457 e. The molecule has 2 aromatic rings. The number of carbonyl (C=O) groups excluding carboxylic acids is 1. The van der Waals surface area contributed by atoms with Crippen LogP contribution in [0.2, 0.25) is 0 Å². The number of hydrogen-bond acceptors (Lipinski definition) is 3. The third-order valence-corrected chi connectivity index (χ3v) is 3.18. The summed E-state index contributed by atoms with van der Waals surface area (Å²) in [7, 11) is 0. The second kappa shape index (κ2) is 6.71. The first-order valence-electron chi connectivity index (χ1n) is 6.96. The lowest BCUT2D eigenvalue weighted by molar-refractivity contribution is 0.101. The van der Waals surface area contributed by atoms with Crippen LogP contribution in [0.1, 0.15) is 41.8 Å². The van der Waals surface area contributed by atoms with Crippen molar-refractivity contribution in [3.63, 3.8) is 0 Å². The Kier molecular flexibility index (Phi) is 4.73. The van der Waals surface area contributed by atoms with Crippen LogP contribution in [0.15, 0.2) is 42.5 Å². The summed E-state index contributed by atoms with van der Waals surface area (Å²) in [6.07, 6.45) is 2.13. The zero-order valence-electron chi connectivity index (χ0n) is 12.2. The molecule has 0 saturated carbocycles. The van der Waals surface area contributed by atoms with Gasteiger partial charge in [0.05, 0.1) is 17.2 Å². The number of ketones is 1. The predicted octanol–water partition coefficient (Wildman–Crippen LogP) is 4.51. The standard InChI is InChI=1S/C18H17NO2/c1-3-4-14-5-8-16(9-6-14)21-18-11-15(12-19)7-10-17(18)13(2)20/h5-11H,3-4H2,1-2H3. The quantitative estimate of drug-likeness (QED) is 0.757. The Labute approximate surface area is 124 Å². The average molecular weight is 279 g/mol. The zero-order valence-corrected chi connectivity index (χ0v) is 12.2. The van der Waals surface area contributed by atoms with Crippen LogP contribution in [0.3, 0.4) is 0 Å². The summed E-state index contributed by atoms with van der Waals surface area (Å²) >= 11 is 0. The van der Waals surface area contributed by atoms with Gasteiger partial charge in [-0.05, 0) is 49.2 Å². The minimum atomic E-state index is -0.0860. The maximum absolute atomic E-state index is 11.6. The van der Waals surface area contributed by atoms with Gasteiger partial charge >= 0.3 is 0 Å². The molecular weight excluding hydrogens is 262 g/mol. The Morgan fingerprint density at radius 2 is 1.90 bits per heavy atom.